The molecule has 0 amide bonds. The molecular weight excluding hydrogens is 230 g/mol. The SMILES string of the molecule is CC1CC(Oc2ncc(N)cc2C#N)CC(C)O1. The van der Waals surface area contributed by atoms with Gasteiger partial charge in [-0.3, -0.25) is 0 Å². The molecule has 1 saturated heterocycles. The molecule has 96 valence electrons. The number of ether oxygens (including phenoxy) is 2. The maximum atomic E-state index is 9.03. The molecule has 0 aliphatic carbocycles. The molecule has 2 atom stereocenters. The third-order valence-corrected chi connectivity index (χ3v) is 2.93. The van der Waals surface area contributed by atoms with E-state index in [1.165, 1.54) is 6.20 Å². The summed E-state index contributed by atoms with van der Waals surface area (Å²) in [6, 6.07) is 3.63. The quantitative estimate of drug-likeness (QED) is 0.862. The molecule has 1 aliphatic heterocycles. The predicted molar refractivity (Wildman–Crippen MR) is 67.0 cm³/mol. The number of nitriles is 1. The van der Waals surface area contributed by atoms with Crippen LogP contribution in [0.1, 0.15) is 32.3 Å². The summed E-state index contributed by atoms with van der Waals surface area (Å²) in [4.78, 5) is 4.08. The highest BCUT2D eigenvalue weighted by Crippen LogP contribution is 2.25. The molecule has 0 saturated carbocycles. The monoisotopic (exact) mass is 247 g/mol. The smallest absolute Gasteiger partial charge is 0.232 e. The van der Waals surface area contributed by atoms with Gasteiger partial charge in [0.2, 0.25) is 5.88 Å². The van der Waals surface area contributed by atoms with Gasteiger partial charge in [0, 0.05) is 12.8 Å². The van der Waals surface area contributed by atoms with E-state index in [0.717, 1.165) is 12.8 Å². The van der Waals surface area contributed by atoms with Crippen molar-refractivity contribution in [3.8, 4) is 11.9 Å². The summed E-state index contributed by atoms with van der Waals surface area (Å²) in [6.45, 7) is 4.04. The van der Waals surface area contributed by atoms with E-state index in [-0.39, 0.29) is 18.3 Å². The zero-order valence-electron chi connectivity index (χ0n) is 10.6. The Kier molecular flexibility index (Phi) is 3.68. The highest BCUT2D eigenvalue weighted by Gasteiger charge is 2.26. The van der Waals surface area contributed by atoms with Gasteiger partial charge in [-0.15, -0.1) is 0 Å². The molecule has 1 aromatic heterocycles. The zero-order chi connectivity index (χ0) is 13.1. The van der Waals surface area contributed by atoms with E-state index in [4.69, 9.17) is 20.5 Å². The van der Waals surface area contributed by atoms with Crippen molar-refractivity contribution < 1.29 is 9.47 Å². The van der Waals surface area contributed by atoms with Crippen LogP contribution in [0.4, 0.5) is 5.69 Å². The maximum Gasteiger partial charge on any atom is 0.232 e. The summed E-state index contributed by atoms with van der Waals surface area (Å²) in [6.07, 6.45) is 3.48. The van der Waals surface area contributed by atoms with Crippen molar-refractivity contribution in [2.45, 2.75) is 45.0 Å². The van der Waals surface area contributed by atoms with Gasteiger partial charge >= 0.3 is 0 Å². The molecule has 2 heterocycles. The zero-order valence-corrected chi connectivity index (χ0v) is 10.6. The van der Waals surface area contributed by atoms with Crippen molar-refractivity contribution in [3.63, 3.8) is 0 Å². The lowest BCUT2D eigenvalue weighted by Crippen LogP contribution is -2.36. The Morgan fingerprint density at radius 1 is 1.44 bits per heavy atom. The van der Waals surface area contributed by atoms with Crippen molar-refractivity contribution in [1.29, 1.82) is 5.26 Å². The number of nitrogen functional groups attached to an aromatic ring is 1. The van der Waals surface area contributed by atoms with Crippen molar-refractivity contribution in [1.82, 2.24) is 4.98 Å². The number of nitrogens with two attached hydrogens (primary N) is 1. The van der Waals surface area contributed by atoms with Gasteiger partial charge in [-0.2, -0.15) is 5.26 Å². The van der Waals surface area contributed by atoms with E-state index < -0.39 is 0 Å². The van der Waals surface area contributed by atoms with Crippen molar-refractivity contribution in [3.05, 3.63) is 17.8 Å². The second-order valence-electron chi connectivity index (χ2n) is 4.70. The standard InChI is InChI=1S/C13H17N3O2/c1-8-3-12(4-9(2)17-8)18-13-10(6-14)5-11(15)7-16-13/h5,7-9,12H,3-4,15H2,1-2H3. The summed E-state index contributed by atoms with van der Waals surface area (Å²) < 4.78 is 11.4. The molecule has 18 heavy (non-hydrogen) atoms. The van der Waals surface area contributed by atoms with Gasteiger partial charge in [0.15, 0.2) is 0 Å². The summed E-state index contributed by atoms with van der Waals surface area (Å²) in [5, 5.41) is 9.03. The Morgan fingerprint density at radius 2 is 2.11 bits per heavy atom. The molecule has 2 rings (SSSR count). The number of hydrogen-bond acceptors (Lipinski definition) is 5. The fourth-order valence-corrected chi connectivity index (χ4v) is 2.24. The number of rotatable bonds is 2. The van der Waals surface area contributed by atoms with E-state index >= 15 is 0 Å². The first-order chi connectivity index (χ1) is 8.58. The molecule has 0 spiro atoms. The molecule has 0 radical (unpaired) electrons. The minimum absolute atomic E-state index is 0.0342. The number of pyridine rings is 1. The number of hydrogen-bond donors (Lipinski definition) is 1. The molecule has 1 aromatic rings. The summed E-state index contributed by atoms with van der Waals surface area (Å²) in [7, 11) is 0. The Labute approximate surface area is 107 Å². The molecule has 2 unspecified atom stereocenters. The first-order valence-electron chi connectivity index (χ1n) is 6.06. The normalized spacial score (nSPS) is 27.5. The summed E-state index contributed by atoms with van der Waals surface area (Å²) in [5.41, 5.74) is 6.43. The third-order valence-electron chi connectivity index (χ3n) is 2.93. The van der Waals surface area contributed by atoms with Gasteiger partial charge < -0.3 is 15.2 Å². The van der Waals surface area contributed by atoms with E-state index in [9.17, 15) is 0 Å². The summed E-state index contributed by atoms with van der Waals surface area (Å²) in [5.74, 6) is 0.359. The van der Waals surface area contributed by atoms with E-state index in [1.54, 1.807) is 6.07 Å². The predicted octanol–water partition coefficient (Wildman–Crippen LogP) is 1.87. The van der Waals surface area contributed by atoms with Gasteiger partial charge in [0.1, 0.15) is 17.7 Å². The first kappa shape index (κ1) is 12.7. The van der Waals surface area contributed by atoms with Gasteiger partial charge in [-0.05, 0) is 19.9 Å². The molecule has 5 heteroatoms. The second kappa shape index (κ2) is 5.23. The van der Waals surface area contributed by atoms with Crippen molar-refractivity contribution in [2.24, 2.45) is 0 Å². The van der Waals surface area contributed by atoms with Crippen LogP contribution in [0.15, 0.2) is 12.3 Å². The van der Waals surface area contributed by atoms with E-state index in [0.29, 0.717) is 17.1 Å². The molecular formula is C13H17N3O2. The van der Waals surface area contributed by atoms with Crippen LogP contribution in [0, 0.1) is 11.3 Å². The summed E-state index contributed by atoms with van der Waals surface area (Å²) >= 11 is 0. The lowest BCUT2D eigenvalue weighted by molar-refractivity contribution is -0.0730. The third kappa shape index (κ3) is 2.90. The number of anilines is 1. The molecule has 2 N–H and O–H groups in total. The largest absolute Gasteiger partial charge is 0.473 e. The Balaban J connectivity index is 2.12. The van der Waals surface area contributed by atoms with Gasteiger partial charge in [0.05, 0.1) is 24.1 Å². The van der Waals surface area contributed by atoms with E-state index in [1.807, 2.05) is 19.9 Å². The Hall–Kier alpha value is -1.80. The molecule has 0 bridgehead atoms. The maximum absolute atomic E-state index is 9.03. The molecule has 5 nitrogen and oxygen atoms in total. The minimum atomic E-state index is 0.0342. The highest BCUT2D eigenvalue weighted by molar-refractivity contribution is 5.48. The van der Waals surface area contributed by atoms with Crippen LogP contribution < -0.4 is 10.5 Å². The Morgan fingerprint density at radius 3 is 2.72 bits per heavy atom. The van der Waals surface area contributed by atoms with Crippen LogP contribution in [-0.4, -0.2) is 23.3 Å². The highest BCUT2D eigenvalue weighted by atomic mass is 16.5. The van der Waals surface area contributed by atoms with Gasteiger partial charge in [-0.1, -0.05) is 0 Å². The molecule has 1 fully saturated rings. The first-order valence-corrected chi connectivity index (χ1v) is 6.06. The van der Waals surface area contributed by atoms with Crippen LogP contribution in [0.2, 0.25) is 0 Å². The van der Waals surface area contributed by atoms with Crippen LogP contribution in [0.25, 0.3) is 0 Å². The van der Waals surface area contributed by atoms with Gasteiger partial charge in [0.25, 0.3) is 0 Å². The Bertz CT molecular complexity index is 460. The minimum Gasteiger partial charge on any atom is -0.473 e. The topological polar surface area (TPSA) is 81.2 Å². The fraction of sp³-hybridized carbons (Fsp3) is 0.538. The average molecular weight is 247 g/mol. The van der Waals surface area contributed by atoms with Crippen LogP contribution in [0.3, 0.4) is 0 Å². The molecule has 0 aromatic carbocycles. The van der Waals surface area contributed by atoms with Crippen molar-refractivity contribution >= 4 is 5.69 Å². The van der Waals surface area contributed by atoms with Crippen molar-refractivity contribution in [2.75, 3.05) is 5.73 Å². The van der Waals surface area contributed by atoms with Crippen LogP contribution >= 0.6 is 0 Å². The lowest BCUT2D eigenvalue weighted by atomic mass is 10.0. The van der Waals surface area contributed by atoms with Crippen LogP contribution in [-0.2, 0) is 4.74 Å². The second-order valence-corrected chi connectivity index (χ2v) is 4.70. The lowest BCUT2D eigenvalue weighted by Gasteiger charge is -2.32. The van der Waals surface area contributed by atoms with Gasteiger partial charge in [-0.25, -0.2) is 4.98 Å². The fourth-order valence-electron chi connectivity index (χ4n) is 2.24. The average Bonchev–Trinajstić information content (AvgIpc) is 2.30. The molecule has 1 aliphatic rings. The number of aromatic nitrogens is 1. The van der Waals surface area contributed by atoms with Crippen LogP contribution in [0.5, 0.6) is 5.88 Å². The number of nitrogens with zero attached hydrogens (tertiary/aromatic N) is 2. The van der Waals surface area contributed by atoms with E-state index in [2.05, 4.69) is 4.98 Å².